The maximum atomic E-state index is 12.7. The van der Waals surface area contributed by atoms with Crippen LogP contribution in [0, 0.1) is 6.92 Å². The number of aromatic amines is 1. The lowest BCUT2D eigenvalue weighted by atomic mass is 9.85. The van der Waals surface area contributed by atoms with Crippen LogP contribution in [0.5, 0.6) is 5.75 Å². The first-order valence-corrected chi connectivity index (χ1v) is 12.1. The van der Waals surface area contributed by atoms with Crippen molar-refractivity contribution in [2.24, 2.45) is 0 Å². The highest BCUT2D eigenvalue weighted by molar-refractivity contribution is 5.99. The zero-order valence-electron chi connectivity index (χ0n) is 19.6. The molecular formula is C30H30N2O2. The number of hydrogen-bond acceptors (Lipinski definition) is 3. The number of nitrogens with one attached hydrogen (secondary N) is 1. The number of hydrogen-bond donors (Lipinski definition) is 1. The summed E-state index contributed by atoms with van der Waals surface area (Å²) in [6.45, 7) is 1.96. The summed E-state index contributed by atoms with van der Waals surface area (Å²) in [7, 11) is 0. The largest absolute Gasteiger partial charge is 0.485 e. The van der Waals surface area contributed by atoms with Gasteiger partial charge in [0.15, 0.2) is 5.78 Å². The predicted octanol–water partition coefficient (Wildman–Crippen LogP) is 6.39. The summed E-state index contributed by atoms with van der Waals surface area (Å²) >= 11 is 0. The van der Waals surface area contributed by atoms with Gasteiger partial charge in [-0.25, -0.2) is 4.98 Å². The molecule has 0 amide bonds. The summed E-state index contributed by atoms with van der Waals surface area (Å²) in [5.41, 5.74) is 6.69. The number of ether oxygens (including phenoxy) is 1. The van der Waals surface area contributed by atoms with Gasteiger partial charge in [-0.2, -0.15) is 0 Å². The molecule has 1 aromatic heterocycles. The number of aryl methyl sites for hydroxylation is 2. The molecular weight excluding hydrogens is 420 g/mol. The Bertz CT molecular complexity index is 1260. The van der Waals surface area contributed by atoms with Gasteiger partial charge in [-0.05, 0) is 67.0 Å². The highest BCUT2D eigenvalue weighted by Gasteiger charge is 2.24. The molecule has 0 spiro atoms. The number of carbonyl (C=O) groups excluding carboxylic acids is 1. The second kappa shape index (κ2) is 10.1. The molecule has 0 bridgehead atoms. The minimum absolute atomic E-state index is 0.158. The Morgan fingerprint density at radius 1 is 0.941 bits per heavy atom. The average molecular weight is 451 g/mol. The van der Waals surface area contributed by atoms with Crippen LogP contribution >= 0.6 is 0 Å². The molecule has 0 fully saturated rings. The third-order valence-corrected chi connectivity index (χ3v) is 6.63. The van der Waals surface area contributed by atoms with E-state index in [1.165, 1.54) is 16.7 Å². The highest BCUT2D eigenvalue weighted by Crippen LogP contribution is 2.35. The van der Waals surface area contributed by atoms with Crippen molar-refractivity contribution >= 4 is 5.78 Å². The zero-order chi connectivity index (χ0) is 23.3. The molecule has 5 rings (SSSR count). The summed E-state index contributed by atoms with van der Waals surface area (Å²) in [5.74, 6) is 2.04. The van der Waals surface area contributed by atoms with E-state index in [2.05, 4.69) is 46.4 Å². The third-order valence-electron chi connectivity index (χ3n) is 6.63. The van der Waals surface area contributed by atoms with E-state index in [-0.39, 0.29) is 11.9 Å². The Balaban J connectivity index is 1.50. The van der Waals surface area contributed by atoms with Gasteiger partial charge in [0.25, 0.3) is 0 Å². The summed E-state index contributed by atoms with van der Waals surface area (Å²) in [6.07, 6.45) is 6.65. The minimum Gasteiger partial charge on any atom is -0.485 e. The van der Waals surface area contributed by atoms with Gasteiger partial charge in [0, 0.05) is 30.3 Å². The van der Waals surface area contributed by atoms with Crippen molar-refractivity contribution in [1.82, 2.24) is 9.97 Å². The van der Waals surface area contributed by atoms with Crippen molar-refractivity contribution in [3.05, 3.63) is 118 Å². The van der Waals surface area contributed by atoms with Gasteiger partial charge in [0.1, 0.15) is 17.7 Å². The molecule has 4 nitrogen and oxygen atoms in total. The standard InChI is InChI=1S/C30H30N2O2/c1-21-31-20-24(32-21)19-30(23-11-6-3-7-12-23)34-29-18-17-26-25(13-8-14-28(26)33)27(29)16-15-22-9-4-2-5-10-22/h2-7,9-12,17-18,20,30H,8,13-16,19H2,1H3,(H,31,32). The molecule has 4 heteroatoms. The second-order valence-corrected chi connectivity index (χ2v) is 9.05. The monoisotopic (exact) mass is 450 g/mol. The first-order chi connectivity index (χ1) is 16.7. The fourth-order valence-electron chi connectivity index (χ4n) is 4.90. The van der Waals surface area contributed by atoms with Crippen molar-refractivity contribution in [2.75, 3.05) is 0 Å². The number of benzene rings is 3. The molecule has 1 heterocycles. The predicted molar refractivity (Wildman–Crippen MR) is 134 cm³/mol. The molecule has 0 saturated carbocycles. The van der Waals surface area contributed by atoms with Crippen LogP contribution in [0.15, 0.2) is 79.0 Å². The lowest BCUT2D eigenvalue weighted by molar-refractivity contribution is 0.0972. The number of ketones is 1. The van der Waals surface area contributed by atoms with Crippen LogP contribution in [0.2, 0.25) is 0 Å². The summed E-state index contributed by atoms with van der Waals surface area (Å²) in [6, 6.07) is 24.8. The molecule has 172 valence electrons. The highest BCUT2D eigenvalue weighted by atomic mass is 16.5. The number of H-pyrrole nitrogens is 1. The van der Waals surface area contributed by atoms with E-state index in [4.69, 9.17) is 4.74 Å². The summed E-state index contributed by atoms with van der Waals surface area (Å²) < 4.78 is 6.78. The van der Waals surface area contributed by atoms with Gasteiger partial charge in [-0.1, -0.05) is 60.7 Å². The number of rotatable bonds is 8. The summed E-state index contributed by atoms with van der Waals surface area (Å²) in [4.78, 5) is 20.4. The number of aromatic nitrogens is 2. The SMILES string of the molecule is Cc1ncc(CC(Oc2ccc3c(c2CCc2ccccc2)CCCC3=O)c2ccccc2)[nH]1. The Morgan fingerprint density at radius 2 is 1.71 bits per heavy atom. The van der Waals surface area contributed by atoms with Crippen LogP contribution in [-0.2, 0) is 25.7 Å². The number of carbonyl (C=O) groups is 1. The molecule has 3 aromatic carbocycles. The fourth-order valence-corrected chi connectivity index (χ4v) is 4.90. The Kier molecular flexibility index (Phi) is 6.57. The van der Waals surface area contributed by atoms with E-state index >= 15 is 0 Å². The number of nitrogens with zero attached hydrogens (tertiary/aromatic N) is 1. The maximum absolute atomic E-state index is 12.7. The molecule has 0 aliphatic heterocycles. The van der Waals surface area contributed by atoms with Gasteiger partial charge >= 0.3 is 0 Å². The Hall–Kier alpha value is -3.66. The van der Waals surface area contributed by atoms with Crippen molar-refractivity contribution in [3.63, 3.8) is 0 Å². The van der Waals surface area contributed by atoms with Crippen LogP contribution in [0.3, 0.4) is 0 Å². The average Bonchev–Trinajstić information content (AvgIpc) is 3.28. The minimum atomic E-state index is -0.158. The van der Waals surface area contributed by atoms with Crippen molar-refractivity contribution in [2.45, 2.75) is 51.6 Å². The van der Waals surface area contributed by atoms with E-state index < -0.39 is 0 Å². The third kappa shape index (κ3) is 4.96. The molecule has 1 aliphatic rings. The van der Waals surface area contributed by atoms with Crippen LogP contribution < -0.4 is 4.74 Å². The Morgan fingerprint density at radius 3 is 2.44 bits per heavy atom. The zero-order valence-corrected chi connectivity index (χ0v) is 19.6. The van der Waals surface area contributed by atoms with E-state index in [0.29, 0.717) is 12.8 Å². The van der Waals surface area contributed by atoms with Crippen molar-refractivity contribution < 1.29 is 9.53 Å². The van der Waals surface area contributed by atoms with Crippen molar-refractivity contribution in [3.8, 4) is 5.75 Å². The number of fused-ring (bicyclic) bond motifs is 1. The molecule has 34 heavy (non-hydrogen) atoms. The first-order valence-electron chi connectivity index (χ1n) is 12.1. The molecule has 0 saturated heterocycles. The fraction of sp³-hybridized carbons (Fsp3) is 0.267. The van der Waals surface area contributed by atoms with Gasteiger partial charge in [0.05, 0.1) is 0 Å². The number of imidazole rings is 1. The van der Waals surface area contributed by atoms with Crippen LogP contribution in [0.4, 0.5) is 0 Å². The molecule has 1 atom stereocenters. The molecule has 1 unspecified atom stereocenters. The molecule has 0 radical (unpaired) electrons. The smallest absolute Gasteiger partial charge is 0.163 e. The second-order valence-electron chi connectivity index (χ2n) is 9.05. The molecule has 4 aromatic rings. The van der Waals surface area contributed by atoms with E-state index in [1.54, 1.807) is 0 Å². The first kappa shape index (κ1) is 22.1. The van der Waals surface area contributed by atoms with Gasteiger partial charge in [-0.3, -0.25) is 4.79 Å². The maximum Gasteiger partial charge on any atom is 0.163 e. The van der Waals surface area contributed by atoms with E-state index in [0.717, 1.165) is 54.1 Å². The van der Waals surface area contributed by atoms with Crippen molar-refractivity contribution in [1.29, 1.82) is 0 Å². The van der Waals surface area contributed by atoms with E-state index in [9.17, 15) is 4.79 Å². The van der Waals surface area contributed by atoms with Gasteiger partial charge < -0.3 is 9.72 Å². The lowest BCUT2D eigenvalue weighted by Gasteiger charge is -2.25. The molecule has 1 N–H and O–H groups in total. The molecule has 1 aliphatic carbocycles. The van der Waals surface area contributed by atoms with Crippen LogP contribution in [-0.4, -0.2) is 15.8 Å². The summed E-state index contributed by atoms with van der Waals surface area (Å²) in [5, 5.41) is 0. The van der Waals surface area contributed by atoms with E-state index in [1.807, 2.05) is 49.5 Å². The normalized spacial score (nSPS) is 14.0. The number of Topliss-reactive ketones (excluding diaryl/α,β-unsaturated/α-hetero) is 1. The lowest BCUT2D eigenvalue weighted by Crippen LogP contribution is -2.17. The van der Waals surface area contributed by atoms with Crippen LogP contribution in [0.1, 0.15) is 63.1 Å². The quantitative estimate of drug-likeness (QED) is 0.339. The van der Waals surface area contributed by atoms with Crippen LogP contribution in [0.25, 0.3) is 0 Å². The van der Waals surface area contributed by atoms with Gasteiger partial charge in [0.2, 0.25) is 0 Å². The Labute approximate surface area is 201 Å². The topological polar surface area (TPSA) is 55.0 Å². The van der Waals surface area contributed by atoms with Gasteiger partial charge in [-0.15, -0.1) is 0 Å².